The first-order valence-corrected chi connectivity index (χ1v) is 5.82. The van der Waals surface area contributed by atoms with Crippen molar-refractivity contribution in [1.82, 2.24) is 9.78 Å². The fourth-order valence-electron chi connectivity index (χ4n) is 2.34. The lowest BCUT2D eigenvalue weighted by Gasteiger charge is -2.04. The van der Waals surface area contributed by atoms with Gasteiger partial charge < -0.3 is 0 Å². The van der Waals surface area contributed by atoms with Crippen molar-refractivity contribution in [3.63, 3.8) is 0 Å². The molecule has 0 saturated heterocycles. The molecule has 3 rings (SSSR count). The van der Waals surface area contributed by atoms with Crippen molar-refractivity contribution < 1.29 is 4.79 Å². The Balaban J connectivity index is 2.00. The van der Waals surface area contributed by atoms with Crippen LogP contribution in [0.15, 0.2) is 30.3 Å². The molecule has 0 fully saturated rings. The second-order valence-electron chi connectivity index (χ2n) is 4.42. The van der Waals surface area contributed by atoms with Gasteiger partial charge in [-0.3, -0.25) is 9.48 Å². The maximum Gasteiger partial charge on any atom is 0.166 e. The number of hydrogen-bond donors (Lipinski definition) is 0. The van der Waals surface area contributed by atoms with Gasteiger partial charge in [0.2, 0.25) is 0 Å². The molecule has 88 valence electrons. The highest BCUT2D eigenvalue weighted by atomic mass is 16.1. The van der Waals surface area contributed by atoms with Crippen molar-refractivity contribution in [3.8, 4) is 6.07 Å². The van der Waals surface area contributed by atoms with E-state index in [4.69, 9.17) is 5.26 Å². The van der Waals surface area contributed by atoms with Crippen LogP contribution in [0.2, 0.25) is 0 Å². The number of nitrogens with zero attached hydrogens (tertiary/aromatic N) is 3. The van der Waals surface area contributed by atoms with Gasteiger partial charge in [0.25, 0.3) is 0 Å². The summed E-state index contributed by atoms with van der Waals surface area (Å²) < 4.78 is 1.79. The predicted molar refractivity (Wildman–Crippen MR) is 64.9 cm³/mol. The zero-order valence-electron chi connectivity index (χ0n) is 9.76. The maximum atomic E-state index is 11.5. The Morgan fingerprint density at radius 2 is 2.06 bits per heavy atom. The number of nitriles is 1. The van der Waals surface area contributed by atoms with Gasteiger partial charge in [0, 0.05) is 18.4 Å². The molecule has 1 aliphatic rings. The topological polar surface area (TPSA) is 58.7 Å². The number of fused-ring (bicyclic) bond motifs is 1. The van der Waals surface area contributed by atoms with Gasteiger partial charge in [0.05, 0.1) is 12.2 Å². The van der Waals surface area contributed by atoms with Gasteiger partial charge in [-0.1, -0.05) is 30.3 Å². The normalized spacial score (nSPS) is 13.4. The van der Waals surface area contributed by atoms with Crippen molar-refractivity contribution in [2.24, 2.45) is 0 Å². The molecular formula is C14H11N3O. The number of aromatic nitrogens is 2. The Kier molecular flexibility index (Phi) is 2.45. The van der Waals surface area contributed by atoms with E-state index in [1.54, 1.807) is 4.68 Å². The SMILES string of the molecule is N#Cc1nn(Cc2ccccc2)c2c1CC(=O)C2. The van der Waals surface area contributed by atoms with Crippen molar-refractivity contribution in [2.45, 2.75) is 19.4 Å². The molecule has 0 aliphatic heterocycles. The van der Waals surface area contributed by atoms with E-state index in [-0.39, 0.29) is 5.78 Å². The minimum atomic E-state index is 0.167. The molecule has 0 spiro atoms. The monoisotopic (exact) mass is 237 g/mol. The summed E-state index contributed by atoms with van der Waals surface area (Å²) in [6.45, 7) is 0.609. The largest absolute Gasteiger partial charge is 0.299 e. The third kappa shape index (κ3) is 1.70. The first-order chi connectivity index (χ1) is 8.78. The smallest absolute Gasteiger partial charge is 0.166 e. The highest BCUT2D eigenvalue weighted by molar-refractivity contribution is 5.88. The van der Waals surface area contributed by atoms with E-state index in [0.717, 1.165) is 16.8 Å². The summed E-state index contributed by atoms with van der Waals surface area (Å²) in [7, 11) is 0. The van der Waals surface area contributed by atoms with Crippen LogP contribution in [-0.4, -0.2) is 15.6 Å². The number of hydrogen-bond acceptors (Lipinski definition) is 3. The lowest BCUT2D eigenvalue weighted by molar-refractivity contribution is -0.117. The van der Waals surface area contributed by atoms with Crippen LogP contribution in [-0.2, 0) is 24.2 Å². The van der Waals surface area contributed by atoms with Crippen molar-refractivity contribution in [2.75, 3.05) is 0 Å². The van der Waals surface area contributed by atoms with Gasteiger partial charge in [-0.25, -0.2) is 0 Å². The number of ketones is 1. The fraction of sp³-hybridized carbons (Fsp3) is 0.214. The molecule has 1 aliphatic carbocycles. The summed E-state index contributed by atoms with van der Waals surface area (Å²) in [6, 6.07) is 12.0. The van der Waals surface area contributed by atoms with Crippen LogP contribution in [0.25, 0.3) is 0 Å². The molecule has 1 aromatic carbocycles. The minimum Gasteiger partial charge on any atom is -0.299 e. The van der Waals surface area contributed by atoms with E-state index < -0.39 is 0 Å². The fourth-order valence-corrected chi connectivity index (χ4v) is 2.34. The third-order valence-corrected chi connectivity index (χ3v) is 3.19. The molecule has 0 atom stereocenters. The van der Waals surface area contributed by atoms with E-state index >= 15 is 0 Å². The highest BCUT2D eigenvalue weighted by Crippen LogP contribution is 2.23. The second-order valence-corrected chi connectivity index (χ2v) is 4.42. The number of Topliss-reactive ketones (excluding diaryl/α,β-unsaturated/α-hetero) is 1. The molecule has 0 radical (unpaired) electrons. The van der Waals surface area contributed by atoms with Gasteiger partial charge in [0.1, 0.15) is 11.9 Å². The molecule has 0 saturated carbocycles. The predicted octanol–water partition coefficient (Wildman–Crippen LogP) is 1.47. The van der Waals surface area contributed by atoms with Crippen molar-refractivity contribution >= 4 is 5.78 Å². The maximum absolute atomic E-state index is 11.5. The van der Waals surface area contributed by atoms with Crippen LogP contribution in [0.1, 0.15) is 22.5 Å². The standard InChI is InChI=1S/C14H11N3O/c15-8-13-12-6-11(18)7-14(12)17(16-13)9-10-4-2-1-3-5-10/h1-5H,6-7,9H2. The Hall–Kier alpha value is -2.41. The first kappa shape index (κ1) is 10.7. The summed E-state index contributed by atoms with van der Waals surface area (Å²) in [5.74, 6) is 0.167. The lowest BCUT2D eigenvalue weighted by Crippen LogP contribution is -2.08. The molecule has 1 aromatic heterocycles. The summed E-state index contributed by atoms with van der Waals surface area (Å²) >= 11 is 0. The van der Waals surface area contributed by atoms with Gasteiger partial charge in [-0.2, -0.15) is 10.4 Å². The van der Waals surface area contributed by atoms with E-state index in [1.807, 2.05) is 30.3 Å². The summed E-state index contributed by atoms with van der Waals surface area (Å²) in [5, 5.41) is 13.3. The first-order valence-electron chi connectivity index (χ1n) is 5.82. The highest BCUT2D eigenvalue weighted by Gasteiger charge is 2.27. The molecule has 4 nitrogen and oxygen atoms in total. The van der Waals surface area contributed by atoms with E-state index in [1.165, 1.54) is 0 Å². The van der Waals surface area contributed by atoms with Crippen LogP contribution in [0.5, 0.6) is 0 Å². The van der Waals surface area contributed by atoms with Crippen LogP contribution >= 0.6 is 0 Å². The third-order valence-electron chi connectivity index (χ3n) is 3.19. The van der Waals surface area contributed by atoms with Gasteiger partial charge >= 0.3 is 0 Å². The Morgan fingerprint density at radius 1 is 1.28 bits per heavy atom. The van der Waals surface area contributed by atoms with Crippen molar-refractivity contribution in [3.05, 3.63) is 52.8 Å². The molecule has 4 heteroatoms. The average molecular weight is 237 g/mol. The number of carbonyl (C=O) groups is 1. The Bertz CT molecular complexity index is 650. The molecule has 0 bridgehead atoms. The summed E-state index contributed by atoms with van der Waals surface area (Å²) in [5.41, 5.74) is 3.23. The van der Waals surface area contributed by atoms with Gasteiger partial charge in [-0.15, -0.1) is 0 Å². The van der Waals surface area contributed by atoms with Crippen LogP contribution in [0, 0.1) is 11.3 Å². The molecule has 0 N–H and O–H groups in total. The quantitative estimate of drug-likeness (QED) is 0.794. The average Bonchev–Trinajstić information content (AvgIpc) is 2.90. The van der Waals surface area contributed by atoms with Gasteiger partial charge in [-0.05, 0) is 5.56 Å². The molecule has 0 amide bonds. The Labute approximate surface area is 104 Å². The van der Waals surface area contributed by atoms with Crippen LogP contribution < -0.4 is 0 Å². The zero-order chi connectivity index (χ0) is 12.5. The Morgan fingerprint density at radius 3 is 2.78 bits per heavy atom. The van der Waals surface area contributed by atoms with Crippen molar-refractivity contribution in [1.29, 1.82) is 5.26 Å². The van der Waals surface area contributed by atoms with E-state index in [2.05, 4.69) is 11.2 Å². The number of rotatable bonds is 2. The molecule has 1 heterocycles. The van der Waals surface area contributed by atoms with Crippen LogP contribution in [0.3, 0.4) is 0 Å². The molecule has 2 aromatic rings. The molecular weight excluding hydrogens is 226 g/mol. The minimum absolute atomic E-state index is 0.167. The molecule has 0 unspecified atom stereocenters. The lowest BCUT2D eigenvalue weighted by atomic mass is 10.2. The zero-order valence-corrected chi connectivity index (χ0v) is 9.76. The second kappa shape index (κ2) is 4.11. The summed E-state index contributed by atoms with van der Waals surface area (Å²) in [4.78, 5) is 11.5. The van der Waals surface area contributed by atoms with Gasteiger partial charge in [0.15, 0.2) is 5.69 Å². The number of carbonyl (C=O) groups excluding carboxylic acids is 1. The van der Waals surface area contributed by atoms with E-state index in [0.29, 0.717) is 25.1 Å². The number of benzene rings is 1. The van der Waals surface area contributed by atoms with Crippen LogP contribution in [0.4, 0.5) is 0 Å². The summed E-state index contributed by atoms with van der Waals surface area (Å²) in [6.07, 6.45) is 0.754. The molecule has 18 heavy (non-hydrogen) atoms. The van der Waals surface area contributed by atoms with E-state index in [9.17, 15) is 4.79 Å².